The summed E-state index contributed by atoms with van der Waals surface area (Å²) in [4.78, 5) is 19.7. The number of hydrogen-bond acceptors (Lipinski definition) is 4. The second kappa shape index (κ2) is 7.24. The molecule has 0 saturated carbocycles. The van der Waals surface area contributed by atoms with E-state index in [1.54, 1.807) is 25.2 Å². The van der Waals surface area contributed by atoms with Gasteiger partial charge >= 0.3 is 0 Å². The number of nitrogens with zero attached hydrogens (tertiary/aromatic N) is 3. The molecule has 20 heavy (non-hydrogen) atoms. The van der Waals surface area contributed by atoms with Crippen LogP contribution in [0.15, 0.2) is 18.3 Å². The SMILES string of the molecule is CC(C)C(N)CCN(C)c1ccc(C(=O)N(C)C)cn1. The summed E-state index contributed by atoms with van der Waals surface area (Å²) < 4.78 is 0. The lowest BCUT2D eigenvalue weighted by molar-refractivity contribution is 0.0827. The van der Waals surface area contributed by atoms with Crippen molar-refractivity contribution >= 4 is 11.7 Å². The monoisotopic (exact) mass is 278 g/mol. The normalized spacial score (nSPS) is 12.3. The number of pyridine rings is 1. The maximum Gasteiger partial charge on any atom is 0.254 e. The van der Waals surface area contributed by atoms with Crippen molar-refractivity contribution in [3.63, 3.8) is 0 Å². The molecule has 0 saturated heterocycles. The van der Waals surface area contributed by atoms with Crippen molar-refractivity contribution < 1.29 is 4.79 Å². The lowest BCUT2D eigenvalue weighted by Crippen LogP contribution is -2.32. The predicted octanol–water partition coefficient (Wildman–Crippen LogP) is 1.59. The van der Waals surface area contributed by atoms with E-state index in [4.69, 9.17) is 5.73 Å². The Balaban J connectivity index is 2.62. The molecule has 2 N–H and O–H groups in total. The highest BCUT2D eigenvalue weighted by molar-refractivity contribution is 5.93. The van der Waals surface area contributed by atoms with Crippen LogP contribution in [0.2, 0.25) is 0 Å². The molecule has 0 radical (unpaired) electrons. The van der Waals surface area contributed by atoms with Gasteiger partial charge in [-0.3, -0.25) is 4.79 Å². The van der Waals surface area contributed by atoms with E-state index < -0.39 is 0 Å². The Hall–Kier alpha value is -1.62. The first-order chi connectivity index (χ1) is 9.32. The van der Waals surface area contributed by atoms with Gasteiger partial charge in [0.15, 0.2) is 0 Å². The second-order valence-corrected chi connectivity index (χ2v) is 5.72. The topological polar surface area (TPSA) is 62.5 Å². The van der Waals surface area contributed by atoms with Crippen LogP contribution < -0.4 is 10.6 Å². The minimum atomic E-state index is -0.0338. The largest absolute Gasteiger partial charge is 0.360 e. The second-order valence-electron chi connectivity index (χ2n) is 5.72. The molecule has 1 rings (SSSR count). The number of anilines is 1. The Labute approximate surface area is 121 Å². The summed E-state index contributed by atoms with van der Waals surface area (Å²) in [5.41, 5.74) is 6.65. The Morgan fingerprint density at radius 3 is 2.40 bits per heavy atom. The van der Waals surface area contributed by atoms with Crippen LogP contribution in [-0.2, 0) is 0 Å². The summed E-state index contributed by atoms with van der Waals surface area (Å²) in [5.74, 6) is 1.31. The van der Waals surface area contributed by atoms with Gasteiger partial charge in [-0.1, -0.05) is 13.8 Å². The Bertz CT molecular complexity index is 428. The van der Waals surface area contributed by atoms with Crippen molar-refractivity contribution in [2.75, 3.05) is 32.6 Å². The summed E-state index contributed by atoms with van der Waals surface area (Å²) in [6.07, 6.45) is 2.55. The molecule has 0 bridgehead atoms. The van der Waals surface area contributed by atoms with Crippen molar-refractivity contribution in [1.29, 1.82) is 0 Å². The number of hydrogen-bond donors (Lipinski definition) is 1. The average Bonchev–Trinajstić information content (AvgIpc) is 2.43. The van der Waals surface area contributed by atoms with Gasteiger partial charge in [0.05, 0.1) is 5.56 Å². The zero-order valence-electron chi connectivity index (χ0n) is 13.1. The van der Waals surface area contributed by atoms with Gasteiger partial charge in [0.2, 0.25) is 0 Å². The third-order valence-corrected chi connectivity index (χ3v) is 3.45. The third kappa shape index (κ3) is 4.49. The minimum absolute atomic E-state index is 0.0338. The Morgan fingerprint density at radius 1 is 1.30 bits per heavy atom. The molecular weight excluding hydrogens is 252 g/mol. The van der Waals surface area contributed by atoms with E-state index in [0.29, 0.717) is 11.5 Å². The van der Waals surface area contributed by atoms with Crippen LogP contribution in [0.5, 0.6) is 0 Å². The fraction of sp³-hybridized carbons (Fsp3) is 0.600. The highest BCUT2D eigenvalue weighted by Gasteiger charge is 2.11. The van der Waals surface area contributed by atoms with Crippen LogP contribution in [0.25, 0.3) is 0 Å². The molecule has 1 aromatic rings. The van der Waals surface area contributed by atoms with E-state index in [9.17, 15) is 4.79 Å². The average molecular weight is 278 g/mol. The predicted molar refractivity (Wildman–Crippen MR) is 83.0 cm³/mol. The van der Waals surface area contributed by atoms with Gasteiger partial charge in [0, 0.05) is 39.9 Å². The van der Waals surface area contributed by atoms with Crippen molar-refractivity contribution in [1.82, 2.24) is 9.88 Å². The number of rotatable bonds is 6. The Kier molecular flexibility index (Phi) is 5.95. The summed E-state index contributed by atoms with van der Waals surface area (Å²) in [6.45, 7) is 5.11. The zero-order valence-corrected chi connectivity index (χ0v) is 13.1. The van der Waals surface area contributed by atoms with Crippen LogP contribution in [0.1, 0.15) is 30.6 Å². The first-order valence-electron chi connectivity index (χ1n) is 6.97. The molecular formula is C15H26N4O. The van der Waals surface area contributed by atoms with Crippen LogP contribution >= 0.6 is 0 Å². The maximum atomic E-state index is 11.8. The van der Waals surface area contributed by atoms with Crippen molar-refractivity contribution in [2.45, 2.75) is 26.3 Å². The number of carbonyl (C=O) groups excluding carboxylic acids is 1. The Morgan fingerprint density at radius 2 is 1.95 bits per heavy atom. The molecule has 0 fully saturated rings. The summed E-state index contributed by atoms with van der Waals surface area (Å²) in [6, 6.07) is 3.88. The number of aromatic nitrogens is 1. The van der Waals surface area contributed by atoms with E-state index in [1.165, 1.54) is 0 Å². The van der Waals surface area contributed by atoms with E-state index in [2.05, 4.69) is 23.7 Å². The lowest BCUT2D eigenvalue weighted by atomic mass is 10.0. The molecule has 0 spiro atoms. The van der Waals surface area contributed by atoms with Crippen molar-refractivity contribution in [3.05, 3.63) is 23.9 Å². The smallest absolute Gasteiger partial charge is 0.254 e. The molecule has 1 amide bonds. The molecule has 0 aromatic carbocycles. The lowest BCUT2D eigenvalue weighted by Gasteiger charge is -2.22. The van der Waals surface area contributed by atoms with Crippen molar-refractivity contribution in [2.24, 2.45) is 11.7 Å². The van der Waals surface area contributed by atoms with Gasteiger partial charge < -0.3 is 15.5 Å². The third-order valence-electron chi connectivity index (χ3n) is 3.45. The number of carbonyl (C=O) groups is 1. The fourth-order valence-electron chi connectivity index (χ4n) is 1.79. The van der Waals surface area contributed by atoms with Gasteiger partial charge in [0.1, 0.15) is 5.82 Å². The minimum Gasteiger partial charge on any atom is -0.360 e. The molecule has 1 unspecified atom stereocenters. The van der Waals surface area contributed by atoms with Crippen molar-refractivity contribution in [3.8, 4) is 0 Å². The first-order valence-corrected chi connectivity index (χ1v) is 6.97. The molecule has 0 aliphatic rings. The summed E-state index contributed by atoms with van der Waals surface area (Å²) in [7, 11) is 5.45. The van der Waals surface area contributed by atoms with E-state index in [-0.39, 0.29) is 11.9 Å². The summed E-state index contributed by atoms with van der Waals surface area (Å²) in [5, 5.41) is 0. The number of amides is 1. The number of nitrogens with two attached hydrogens (primary N) is 1. The van der Waals surface area contributed by atoms with E-state index in [1.807, 2.05) is 19.2 Å². The van der Waals surface area contributed by atoms with Crippen LogP contribution in [0.3, 0.4) is 0 Å². The van der Waals surface area contributed by atoms with Crippen LogP contribution in [-0.4, -0.2) is 49.5 Å². The highest BCUT2D eigenvalue weighted by Crippen LogP contribution is 2.12. The summed E-state index contributed by atoms with van der Waals surface area (Å²) >= 11 is 0. The highest BCUT2D eigenvalue weighted by atomic mass is 16.2. The molecule has 0 aliphatic carbocycles. The van der Waals surface area contributed by atoms with Gasteiger partial charge in [-0.05, 0) is 24.5 Å². The quantitative estimate of drug-likeness (QED) is 0.858. The molecule has 112 valence electrons. The molecule has 5 nitrogen and oxygen atoms in total. The standard InChI is InChI=1S/C15H26N4O/c1-11(2)13(16)8-9-19(5)14-7-6-12(10-17-14)15(20)18(3)4/h6-7,10-11,13H,8-9,16H2,1-5H3. The molecule has 0 aliphatic heterocycles. The molecule has 1 atom stereocenters. The van der Waals surface area contributed by atoms with Gasteiger partial charge in [-0.2, -0.15) is 0 Å². The molecule has 1 heterocycles. The van der Waals surface area contributed by atoms with Gasteiger partial charge in [-0.15, -0.1) is 0 Å². The fourth-order valence-corrected chi connectivity index (χ4v) is 1.79. The van der Waals surface area contributed by atoms with Gasteiger partial charge in [-0.25, -0.2) is 4.98 Å². The van der Waals surface area contributed by atoms with Gasteiger partial charge in [0.25, 0.3) is 5.91 Å². The molecule has 5 heteroatoms. The zero-order chi connectivity index (χ0) is 15.3. The van der Waals surface area contributed by atoms with E-state index >= 15 is 0 Å². The first kappa shape index (κ1) is 16.4. The van der Waals surface area contributed by atoms with Crippen LogP contribution in [0, 0.1) is 5.92 Å². The van der Waals surface area contributed by atoms with E-state index in [0.717, 1.165) is 18.8 Å². The maximum absolute atomic E-state index is 11.8. The van der Waals surface area contributed by atoms with Crippen LogP contribution in [0.4, 0.5) is 5.82 Å². The molecule has 1 aromatic heterocycles.